The van der Waals surface area contributed by atoms with Crippen molar-refractivity contribution in [3.63, 3.8) is 0 Å². The molecule has 2 aromatic carbocycles. The second kappa shape index (κ2) is 7.75. The molecule has 3 N–H and O–H groups in total. The number of nitrogens with one attached hydrogen (secondary N) is 3. The van der Waals surface area contributed by atoms with E-state index in [1.165, 1.54) is 5.01 Å². The van der Waals surface area contributed by atoms with Crippen LogP contribution in [0.5, 0.6) is 0 Å². The molecule has 0 saturated heterocycles. The Hall–Kier alpha value is -3.68. The zero-order chi connectivity index (χ0) is 20.4. The van der Waals surface area contributed by atoms with Crippen molar-refractivity contribution >= 4 is 34.9 Å². The van der Waals surface area contributed by atoms with Gasteiger partial charge in [0.05, 0.1) is 16.9 Å². The van der Waals surface area contributed by atoms with E-state index in [-0.39, 0.29) is 23.7 Å². The van der Waals surface area contributed by atoms with Gasteiger partial charge in [0.1, 0.15) is 6.04 Å². The standard InChI is InChI=1S/C21H21N5O3/c1-13-21(29)26(15-7-3-2-4-8-15)25-18(22-13)20(28)24-17-10-6-5-9-16(17)19(27)23-14-11-12-14/h2-10,13-14H,11-12H2,1H3,(H,22,25)(H,23,27)(H,24,28)/t13-/m1/s1. The van der Waals surface area contributed by atoms with Gasteiger partial charge >= 0.3 is 0 Å². The van der Waals surface area contributed by atoms with Crippen molar-refractivity contribution < 1.29 is 14.4 Å². The van der Waals surface area contributed by atoms with Crippen LogP contribution in [-0.2, 0) is 9.59 Å². The van der Waals surface area contributed by atoms with Crippen molar-refractivity contribution in [2.75, 3.05) is 10.3 Å². The fraction of sp³-hybridized carbons (Fsp3) is 0.238. The van der Waals surface area contributed by atoms with Gasteiger partial charge in [-0.2, -0.15) is 0 Å². The molecule has 1 aliphatic heterocycles. The molecule has 1 aliphatic carbocycles. The Kier molecular flexibility index (Phi) is 4.99. The second-order valence-corrected chi connectivity index (χ2v) is 7.02. The molecule has 29 heavy (non-hydrogen) atoms. The Bertz CT molecular complexity index is 985. The number of amides is 3. The number of rotatable bonds is 5. The molecule has 0 bridgehead atoms. The second-order valence-electron chi connectivity index (χ2n) is 7.02. The highest BCUT2D eigenvalue weighted by Crippen LogP contribution is 2.22. The molecule has 8 nitrogen and oxygen atoms in total. The lowest BCUT2D eigenvalue weighted by molar-refractivity contribution is -0.120. The average Bonchev–Trinajstić information content (AvgIpc) is 3.55. The molecular formula is C21H21N5O3. The Morgan fingerprint density at radius 1 is 1.03 bits per heavy atom. The minimum Gasteiger partial charge on any atom is -0.349 e. The molecule has 3 amide bonds. The zero-order valence-electron chi connectivity index (χ0n) is 15.9. The van der Waals surface area contributed by atoms with Crippen LogP contribution in [0.4, 0.5) is 11.4 Å². The van der Waals surface area contributed by atoms with Crippen molar-refractivity contribution in [2.24, 2.45) is 4.99 Å². The molecule has 2 aromatic rings. The van der Waals surface area contributed by atoms with Gasteiger partial charge in [0.15, 0.2) is 0 Å². The van der Waals surface area contributed by atoms with Crippen molar-refractivity contribution in [3.05, 3.63) is 60.2 Å². The smallest absolute Gasteiger partial charge is 0.292 e. The van der Waals surface area contributed by atoms with E-state index in [1.54, 1.807) is 55.5 Å². The molecule has 0 spiro atoms. The first-order chi connectivity index (χ1) is 14.0. The molecular weight excluding hydrogens is 370 g/mol. The van der Waals surface area contributed by atoms with Gasteiger partial charge in [-0.15, -0.1) is 0 Å². The lowest BCUT2D eigenvalue weighted by atomic mass is 10.1. The predicted molar refractivity (Wildman–Crippen MR) is 110 cm³/mol. The lowest BCUT2D eigenvalue weighted by Crippen LogP contribution is -2.57. The predicted octanol–water partition coefficient (Wildman–Crippen LogP) is 1.86. The van der Waals surface area contributed by atoms with E-state index in [2.05, 4.69) is 21.1 Å². The normalized spacial score (nSPS) is 18.5. The van der Waals surface area contributed by atoms with E-state index in [1.807, 2.05) is 6.07 Å². The summed E-state index contributed by atoms with van der Waals surface area (Å²) in [6.07, 6.45) is 1.95. The van der Waals surface area contributed by atoms with Gasteiger partial charge < -0.3 is 10.6 Å². The number of hydrogen-bond acceptors (Lipinski definition) is 5. The van der Waals surface area contributed by atoms with Gasteiger partial charge in [-0.05, 0) is 44.0 Å². The number of benzene rings is 2. The number of hydrogen-bond donors (Lipinski definition) is 3. The molecule has 1 saturated carbocycles. The SMILES string of the molecule is C[C@H]1N=C(C(=O)Nc2ccccc2C(=O)NC2CC2)NN(c2ccccc2)C1=O. The number of amidine groups is 1. The van der Waals surface area contributed by atoms with E-state index in [4.69, 9.17) is 0 Å². The van der Waals surface area contributed by atoms with Crippen LogP contribution in [0.15, 0.2) is 59.6 Å². The van der Waals surface area contributed by atoms with Gasteiger partial charge in [-0.1, -0.05) is 30.3 Å². The van der Waals surface area contributed by atoms with Crippen molar-refractivity contribution in [1.82, 2.24) is 10.7 Å². The molecule has 2 aliphatic rings. The van der Waals surface area contributed by atoms with Crippen LogP contribution in [0, 0.1) is 0 Å². The monoisotopic (exact) mass is 391 g/mol. The van der Waals surface area contributed by atoms with Crippen LogP contribution in [0.2, 0.25) is 0 Å². The molecule has 0 unspecified atom stereocenters. The number of nitrogens with zero attached hydrogens (tertiary/aromatic N) is 2. The van der Waals surface area contributed by atoms with E-state index in [9.17, 15) is 14.4 Å². The number of hydrazine groups is 1. The molecule has 1 heterocycles. The quantitative estimate of drug-likeness (QED) is 0.724. The minimum atomic E-state index is -0.717. The largest absolute Gasteiger partial charge is 0.349 e. The molecule has 148 valence electrons. The van der Waals surface area contributed by atoms with Crippen LogP contribution in [0.3, 0.4) is 0 Å². The fourth-order valence-corrected chi connectivity index (χ4v) is 2.97. The summed E-state index contributed by atoms with van der Waals surface area (Å²) < 4.78 is 0. The number of carbonyl (C=O) groups is 3. The lowest BCUT2D eigenvalue weighted by Gasteiger charge is -2.30. The van der Waals surface area contributed by atoms with Gasteiger partial charge in [0.2, 0.25) is 5.84 Å². The summed E-state index contributed by atoms with van der Waals surface area (Å²) in [6.45, 7) is 1.63. The third kappa shape index (κ3) is 4.11. The van der Waals surface area contributed by atoms with Gasteiger partial charge in [0.25, 0.3) is 17.7 Å². The van der Waals surface area contributed by atoms with Crippen molar-refractivity contribution in [3.8, 4) is 0 Å². The summed E-state index contributed by atoms with van der Waals surface area (Å²) in [5.74, 6) is -1.02. The maximum atomic E-state index is 12.8. The Morgan fingerprint density at radius 2 is 1.72 bits per heavy atom. The number of aliphatic imine (C=N–C) groups is 1. The van der Waals surface area contributed by atoms with E-state index in [0.29, 0.717) is 16.9 Å². The fourth-order valence-electron chi connectivity index (χ4n) is 2.97. The van der Waals surface area contributed by atoms with E-state index in [0.717, 1.165) is 12.8 Å². The average molecular weight is 391 g/mol. The molecule has 0 radical (unpaired) electrons. The molecule has 4 rings (SSSR count). The number of carbonyl (C=O) groups excluding carboxylic acids is 3. The Morgan fingerprint density at radius 3 is 2.45 bits per heavy atom. The third-order valence-electron chi connectivity index (χ3n) is 4.68. The number of anilines is 2. The molecule has 8 heteroatoms. The summed E-state index contributed by atoms with van der Waals surface area (Å²) in [6, 6.07) is 15.3. The first kappa shape index (κ1) is 18.7. The minimum absolute atomic E-state index is 0.00152. The Balaban J connectivity index is 1.53. The first-order valence-corrected chi connectivity index (χ1v) is 9.47. The van der Waals surface area contributed by atoms with Crippen LogP contribution < -0.4 is 21.1 Å². The van der Waals surface area contributed by atoms with E-state index >= 15 is 0 Å². The van der Waals surface area contributed by atoms with Crippen LogP contribution in [-0.4, -0.2) is 35.6 Å². The van der Waals surface area contributed by atoms with Gasteiger partial charge in [0, 0.05) is 6.04 Å². The van der Waals surface area contributed by atoms with Crippen molar-refractivity contribution in [1.29, 1.82) is 0 Å². The summed E-state index contributed by atoms with van der Waals surface area (Å²) in [5, 5.41) is 6.95. The number of para-hydroxylation sites is 2. The maximum absolute atomic E-state index is 12.8. The summed E-state index contributed by atoms with van der Waals surface area (Å²) in [4.78, 5) is 41.9. The zero-order valence-corrected chi connectivity index (χ0v) is 15.9. The van der Waals surface area contributed by atoms with Crippen LogP contribution in [0.1, 0.15) is 30.1 Å². The topological polar surface area (TPSA) is 103 Å². The molecule has 1 atom stereocenters. The van der Waals surface area contributed by atoms with Gasteiger partial charge in [-0.3, -0.25) is 19.8 Å². The third-order valence-corrected chi connectivity index (χ3v) is 4.68. The highest BCUT2D eigenvalue weighted by molar-refractivity contribution is 6.43. The summed E-state index contributed by atoms with van der Waals surface area (Å²) >= 11 is 0. The van der Waals surface area contributed by atoms with Crippen LogP contribution in [0.25, 0.3) is 0 Å². The summed E-state index contributed by atoms with van der Waals surface area (Å²) in [7, 11) is 0. The summed E-state index contributed by atoms with van der Waals surface area (Å²) in [5.41, 5.74) is 4.16. The highest BCUT2D eigenvalue weighted by Gasteiger charge is 2.31. The van der Waals surface area contributed by atoms with Crippen LogP contribution >= 0.6 is 0 Å². The van der Waals surface area contributed by atoms with E-state index < -0.39 is 11.9 Å². The van der Waals surface area contributed by atoms with Crippen molar-refractivity contribution in [2.45, 2.75) is 31.8 Å². The Labute approximate surface area is 168 Å². The van der Waals surface area contributed by atoms with Gasteiger partial charge in [-0.25, -0.2) is 10.0 Å². The molecule has 0 aromatic heterocycles. The molecule has 1 fully saturated rings. The highest BCUT2D eigenvalue weighted by atomic mass is 16.2. The first-order valence-electron chi connectivity index (χ1n) is 9.47. The maximum Gasteiger partial charge on any atom is 0.292 e.